The monoisotopic (exact) mass is 535 g/mol. The number of alkyl halides is 3. The molecule has 0 spiro atoms. The van der Waals surface area contributed by atoms with Crippen LogP contribution in [-0.4, -0.2) is 61.9 Å². The molecule has 1 aliphatic rings. The van der Waals surface area contributed by atoms with Crippen molar-refractivity contribution in [3.05, 3.63) is 44.8 Å². The molecule has 0 aliphatic carbocycles. The number of H-pyrrole nitrogens is 1. The Balaban J connectivity index is 2.08. The molecule has 2 heterocycles. The average molecular weight is 536 g/mol. The zero-order chi connectivity index (χ0) is 27.5. The number of hydrogen-bond donors (Lipinski definition) is 2. The van der Waals surface area contributed by atoms with Gasteiger partial charge in [-0.2, -0.15) is 13.2 Å². The Morgan fingerprint density at radius 3 is 2.53 bits per heavy atom. The lowest BCUT2D eigenvalue weighted by Crippen LogP contribution is -2.44. The topological polar surface area (TPSA) is 112 Å². The molecule has 0 bridgehead atoms. The van der Waals surface area contributed by atoms with Crippen molar-refractivity contribution in [2.75, 3.05) is 19.8 Å². The predicted molar refractivity (Wildman–Crippen MR) is 130 cm³/mol. The number of carbonyl (C=O) groups excluding carboxylic acids is 1. The first-order valence-electron chi connectivity index (χ1n) is 11.7. The van der Waals surface area contributed by atoms with Gasteiger partial charge in [0.05, 0.1) is 19.3 Å². The highest BCUT2D eigenvalue weighted by Gasteiger charge is 2.42. The van der Waals surface area contributed by atoms with Crippen molar-refractivity contribution >= 4 is 14.2 Å². The maximum Gasteiger partial charge on any atom is 0.471 e. The van der Waals surface area contributed by atoms with Gasteiger partial charge in [0, 0.05) is 24.7 Å². The number of amides is 1. The van der Waals surface area contributed by atoms with Gasteiger partial charge in [-0.3, -0.25) is 19.1 Å². The number of hydrogen-bond acceptors (Lipinski definition) is 6. The van der Waals surface area contributed by atoms with Crippen molar-refractivity contribution in [1.82, 2.24) is 14.9 Å². The second-order valence-corrected chi connectivity index (χ2v) is 15.3. The molecular formula is C23H36F3N3O6Si. The molecule has 2 N–H and O–H groups in total. The van der Waals surface area contributed by atoms with Gasteiger partial charge in [-0.25, -0.2) is 4.79 Å². The molecule has 2 rings (SSSR count). The van der Waals surface area contributed by atoms with Crippen LogP contribution in [0.15, 0.2) is 27.9 Å². The summed E-state index contributed by atoms with van der Waals surface area (Å²) in [5.74, 6) is -2.01. The molecule has 1 aromatic heterocycles. The fourth-order valence-corrected chi connectivity index (χ4v) is 4.27. The molecule has 0 saturated carbocycles. The summed E-state index contributed by atoms with van der Waals surface area (Å²) in [6.07, 6.45) is -4.85. The Kier molecular flexibility index (Phi) is 9.54. The zero-order valence-electron chi connectivity index (χ0n) is 21.6. The van der Waals surface area contributed by atoms with Gasteiger partial charge in [0.2, 0.25) is 0 Å². The summed E-state index contributed by atoms with van der Waals surface area (Å²) in [5.41, 5.74) is -0.244. The van der Waals surface area contributed by atoms with E-state index in [0.717, 1.165) is 0 Å². The quantitative estimate of drug-likeness (QED) is 0.352. The minimum Gasteiger partial charge on any atom is -0.414 e. The lowest BCUT2D eigenvalue weighted by Gasteiger charge is -2.37. The van der Waals surface area contributed by atoms with E-state index in [9.17, 15) is 27.6 Å². The van der Waals surface area contributed by atoms with E-state index in [-0.39, 0.29) is 37.6 Å². The van der Waals surface area contributed by atoms with Crippen molar-refractivity contribution in [3.63, 3.8) is 0 Å². The van der Waals surface area contributed by atoms with Crippen LogP contribution in [0, 0.1) is 6.92 Å². The molecule has 1 aliphatic heterocycles. The smallest absolute Gasteiger partial charge is 0.414 e. The van der Waals surface area contributed by atoms with Crippen molar-refractivity contribution in [3.8, 4) is 0 Å². The first-order chi connectivity index (χ1) is 16.4. The normalized spacial score (nSPS) is 21.0. The summed E-state index contributed by atoms with van der Waals surface area (Å²) in [4.78, 5) is 37.3. The number of rotatable bonds is 10. The van der Waals surface area contributed by atoms with Crippen LogP contribution in [0.4, 0.5) is 13.2 Å². The first-order valence-corrected chi connectivity index (χ1v) is 14.6. The summed E-state index contributed by atoms with van der Waals surface area (Å²) >= 11 is 0. The number of aromatic nitrogens is 2. The van der Waals surface area contributed by atoms with E-state index in [4.69, 9.17) is 13.9 Å². The van der Waals surface area contributed by atoms with E-state index in [0.29, 0.717) is 11.1 Å². The molecule has 1 saturated heterocycles. The summed E-state index contributed by atoms with van der Waals surface area (Å²) in [5, 5.41) is 1.76. The number of aryl methyl sites for hydroxylation is 1. The highest BCUT2D eigenvalue weighted by Crippen LogP contribution is 2.38. The second kappa shape index (κ2) is 11.4. The molecule has 204 valence electrons. The summed E-state index contributed by atoms with van der Waals surface area (Å²) in [6.45, 7) is 15.9. The summed E-state index contributed by atoms with van der Waals surface area (Å²) in [6, 6.07) is 0. The lowest BCUT2D eigenvalue weighted by molar-refractivity contribution is -0.173. The van der Waals surface area contributed by atoms with Crippen LogP contribution in [0.1, 0.15) is 45.4 Å². The molecule has 3 atom stereocenters. The summed E-state index contributed by atoms with van der Waals surface area (Å²) < 4.78 is 56.7. The van der Waals surface area contributed by atoms with Crippen LogP contribution < -0.4 is 16.6 Å². The number of carbonyl (C=O) groups is 1. The average Bonchev–Trinajstić information content (AvgIpc) is 3.14. The molecular weight excluding hydrogens is 499 g/mol. The Morgan fingerprint density at radius 1 is 1.31 bits per heavy atom. The van der Waals surface area contributed by atoms with E-state index in [1.807, 2.05) is 0 Å². The van der Waals surface area contributed by atoms with Gasteiger partial charge >= 0.3 is 17.8 Å². The van der Waals surface area contributed by atoms with Crippen LogP contribution >= 0.6 is 0 Å². The van der Waals surface area contributed by atoms with Crippen LogP contribution in [0.3, 0.4) is 0 Å². The molecule has 1 aromatic rings. The van der Waals surface area contributed by atoms with Gasteiger partial charge in [0.1, 0.15) is 12.3 Å². The largest absolute Gasteiger partial charge is 0.471 e. The van der Waals surface area contributed by atoms with Crippen molar-refractivity contribution in [1.29, 1.82) is 0 Å². The molecule has 9 nitrogen and oxygen atoms in total. The number of halogens is 3. The van der Waals surface area contributed by atoms with E-state index in [1.165, 1.54) is 10.8 Å². The first kappa shape index (κ1) is 30.0. The standard InChI is InChI=1S/C23H36F3N3O6Si/c1-14(8-9-27-20(31)23(24,25)26)12-33-16-10-18(29-11-15(2)19(30)28-21(29)32)35-17(16)13-34-36(6,7)22(3,4)5/h11,16-18H,1,8-10,12-13H2,2-7H3,(H,27,31)(H,28,30,32)/t16?,17-,18-/m1/s1. The SMILES string of the molecule is C=C(CCNC(=O)C(F)(F)F)COC1C[C@H](n2cc(C)c(=O)[nH]c2=O)O[C@@H]1CO[Si](C)(C)C(C)(C)C. The highest BCUT2D eigenvalue weighted by atomic mass is 28.4. The fourth-order valence-electron chi connectivity index (χ4n) is 3.25. The Morgan fingerprint density at radius 2 is 1.94 bits per heavy atom. The molecule has 1 amide bonds. The number of nitrogens with zero attached hydrogens (tertiary/aromatic N) is 1. The maximum absolute atomic E-state index is 12.4. The van der Waals surface area contributed by atoms with E-state index < -0.39 is 50.1 Å². The van der Waals surface area contributed by atoms with Gasteiger partial charge in [-0.1, -0.05) is 32.9 Å². The van der Waals surface area contributed by atoms with Gasteiger partial charge in [0.25, 0.3) is 5.56 Å². The van der Waals surface area contributed by atoms with Gasteiger partial charge in [-0.05, 0) is 31.5 Å². The van der Waals surface area contributed by atoms with E-state index >= 15 is 0 Å². The van der Waals surface area contributed by atoms with Crippen molar-refractivity contribution in [2.45, 2.75) is 83.3 Å². The third-order valence-corrected chi connectivity index (χ3v) is 11.1. The minimum absolute atomic E-state index is 0.0266. The third-order valence-electron chi connectivity index (χ3n) is 6.57. The number of ether oxygens (including phenoxy) is 2. The number of aromatic amines is 1. The highest BCUT2D eigenvalue weighted by molar-refractivity contribution is 6.74. The zero-order valence-corrected chi connectivity index (χ0v) is 22.6. The molecule has 13 heteroatoms. The van der Waals surface area contributed by atoms with Crippen LogP contribution in [0.25, 0.3) is 0 Å². The number of nitrogens with one attached hydrogen (secondary N) is 2. The van der Waals surface area contributed by atoms with Crippen molar-refractivity contribution in [2.24, 2.45) is 0 Å². The molecule has 0 radical (unpaired) electrons. The minimum atomic E-state index is -4.94. The molecule has 1 fully saturated rings. The Hall–Kier alpha value is -2.22. The van der Waals surface area contributed by atoms with Crippen LogP contribution in [0.5, 0.6) is 0 Å². The van der Waals surface area contributed by atoms with Gasteiger partial charge in [0.15, 0.2) is 8.32 Å². The molecule has 1 unspecified atom stereocenters. The fraction of sp³-hybridized carbons (Fsp3) is 0.696. The summed E-state index contributed by atoms with van der Waals surface area (Å²) in [7, 11) is -2.12. The van der Waals surface area contributed by atoms with E-state index in [1.54, 1.807) is 12.2 Å². The maximum atomic E-state index is 12.4. The second-order valence-electron chi connectivity index (χ2n) is 10.5. The Labute approximate surface area is 209 Å². The van der Waals surface area contributed by atoms with Crippen molar-refractivity contribution < 1.29 is 31.9 Å². The van der Waals surface area contributed by atoms with Gasteiger partial charge < -0.3 is 19.2 Å². The van der Waals surface area contributed by atoms with Gasteiger partial charge in [-0.15, -0.1) is 0 Å². The molecule has 36 heavy (non-hydrogen) atoms. The Bertz CT molecular complexity index is 1060. The van der Waals surface area contributed by atoms with E-state index in [2.05, 4.69) is 45.4 Å². The lowest BCUT2D eigenvalue weighted by atomic mass is 10.1. The predicted octanol–water partition coefficient (Wildman–Crippen LogP) is 3.16. The van der Waals surface area contributed by atoms with Crippen LogP contribution in [-0.2, 0) is 18.7 Å². The third kappa shape index (κ3) is 7.89. The van der Waals surface area contributed by atoms with Crippen LogP contribution in [0.2, 0.25) is 18.1 Å². The molecule has 0 aromatic carbocycles.